The summed E-state index contributed by atoms with van der Waals surface area (Å²) in [6.07, 6.45) is 1.53. The van der Waals surface area contributed by atoms with Gasteiger partial charge in [0.15, 0.2) is 0 Å². The topological polar surface area (TPSA) is 49.4 Å². The fourth-order valence-electron chi connectivity index (χ4n) is 2.06. The second kappa shape index (κ2) is 7.29. The number of halogens is 1. The average molecular weight is 297 g/mol. The van der Waals surface area contributed by atoms with Crippen LogP contribution in [0.25, 0.3) is 0 Å². The highest BCUT2D eigenvalue weighted by Crippen LogP contribution is 2.27. The third-order valence-electron chi connectivity index (χ3n) is 3.02. The monoisotopic (exact) mass is 296 g/mol. The maximum atomic E-state index is 12.3. The minimum atomic E-state index is -0.712. The molecule has 0 heterocycles. The molecule has 0 saturated heterocycles. The normalized spacial score (nSPS) is 11.8. The van der Waals surface area contributed by atoms with Crippen LogP contribution in [0.1, 0.15) is 38.8 Å². The molecule has 0 bridgehead atoms. The molecule has 1 N–H and O–H groups in total. The molecular weight excluding hydrogens is 276 g/mol. The van der Waals surface area contributed by atoms with Crippen molar-refractivity contribution in [1.82, 2.24) is 5.43 Å². The van der Waals surface area contributed by atoms with Crippen LogP contribution in [0.2, 0.25) is 0 Å². The Bertz CT molecular complexity index is 478. The van der Waals surface area contributed by atoms with Crippen molar-refractivity contribution in [3.63, 3.8) is 0 Å². The van der Waals surface area contributed by atoms with Crippen molar-refractivity contribution in [1.29, 1.82) is 0 Å². The first-order valence-electron chi connectivity index (χ1n) is 6.78. The third-order valence-corrected chi connectivity index (χ3v) is 3.21. The fraction of sp³-hybridized carbons (Fsp3) is 0.467. The maximum absolute atomic E-state index is 12.3. The third kappa shape index (κ3) is 3.73. The number of nitrogens with one attached hydrogen (secondary N) is 1. The van der Waals surface area contributed by atoms with Gasteiger partial charge in [-0.05, 0) is 30.9 Å². The van der Waals surface area contributed by atoms with Crippen molar-refractivity contribution in [2.75, 3.05) is 5.01 Å². The number of alkyl halides is 1. The van der Waals surface area contributed by atoms with Gasteiger partial charge >= 0.3 is 0 Å². The maximum Gasteiger partial charge on any atom is 0.263 e. The summed E-state index contributed by atoms with van der Waals surface area (Å²) in [6.45, 7) is 7.00. The Morgan fingerprint density at radius 1 is 1.25 bits per heavy atom. The van der Waals surface area contributed by atoms with Crippen LogP contribution in [0.3, 0.4) is 0 Å². The molecule has 0 radical (unpaired) electrons. The van der Waals surface area contributed by atoms with E-state index in [1.807, 2.05) is 32.0 Å². The zero-order chi connectivity index (χ0) is 15.3. The largest absolute Gasteiger partial charge is 0.274 e. The molecule has 4 nitrogen and oxygen atoms in total. The van der Waals surface area contributed by atoms with E-state index in [1.165, 1.54) is 11.9 Å². The van der Waals surface area contributed by atoms with Crippen LogP contribution in [0.5, 0.6) is 0 Å². The van der Waals surface area contributed by atoms with Crippen molar-refractivity contribution < 1.29 is 9.59 Å². The van der Waals surface area contributed by atoms with E-state index >= 15 is 0 Å². The molecule has 1 atom stereocenters. The summed E-state index contributed by atoms with van der Waals surface area (Å²) in [5.41, 5.74) is 5.34. The predicted molar refractivity (Wildman–Crippen MR) is 81.8 cm³/mol. The van der Waals surface area contributed by atoms with Crippen molar-refractivity contribution in [3.8, 4) is 0 Å². The van der Waals surface area contributed by atoms with E-state index < -0.39 is 5.38 Å². The average Bonchev–Trinajstić information content (AvgIpc) is 2.42. The summed E-state index contributed by atoms with van der Waals surface area (Å²) in [4.78, 5) is 23.7. The van der Waals surface area contributed by atoms with E-state index in [2.05, 4.69) is 5.43 Å². The lowest BCUT2D eigenvalue weighted by Crippen LogP contribution is -2.49. The van der Waals surface area contributed by atoms with Gasteiger partial charge in [-0.2, -0.15) is 0 Å². The van der Waals surface area contributed by atoms with Gasteiger partial charge in [0.1, 0.15) is 5.38 Å². The summed E-state index contributed by atoms with van der Waals surface area (Å²) in [5.74, 6) is -0.638. The van der Waals surface area contributed by atoms with Gasteiger partial charge in [-0.15, -0.1) is 11.6 Å². The lowest BCUT2D eigenvalue weighted by atomic mass is 10.0. The van der Waals surface area contributed by atoms with E-state index in [0.717, 1.165) is 29.7 Å². The van der Waals surface area contributed by atoms with Crippen LogP contribution in [-0.4, -0.2) is 17.2 Å². The lowest BCUT2D eigenvalue weighted by Gasteiger charge is -2.28. The van der Waals surface area contributed by atoms with Gasteiger partial charge < -0.3 is 0 Å². The van der Waals surface area contributed by atoms with E-state index in [9.17, 15) is 9.59 Å². The predicted octanol–water partition coefficient (Wildman–Crippen LogP) is 2.82. The second-order valence-electron chi connectivity index (χ2n) is 4.59. The number of anilines is 1. The Morgan fingerprint density at radius 3 is 2.10 bits per heavy atom. The van der Waals surface area contributed by atoms with Crippen LogP contribution in [0, 0.1) is 0 Å². The molecule has 0 aliphatic carbocycles. The quantitative estimate of drug-likeness (QED) is 0.686. The number of benzene rings is 1. The molecule has 1 aromatic rings. The first kappa shape index (κ1) is 16.5. The van der Waals surface area contributed by atoms with E-state index in [4.69, 9.17) is 11.6 Å². The van der Waals surface area contributed by atoms with Crippen molar-refractivity contribution in [2.45, 2.75) is 45.9 Å². The molecular formula is C15H21ClN2O2. The molecule has 1 unspecified atom stereocenters. The number of aryl methyl sites for hydroxylation is 2. The molecule has 1 aromatic carbocycles. The highest BCUT2D eigenvalue weighted by molar-refractivity contribution is 6.32. The molecule has 2 amide bonds. The number of carbonyl (C=O) groups is 2. The highest BCUT2D eigenvalue weighted by atomic mass is 35.5. The van der Waals surface area contributed by atoms with Crippen LogP contribution < -0.4 is 10.4 Å². The van der Waals surface area contributed by atoms with Gasteiger partial charge in [-0.1, -0.05) is 32.0 Å². The van der Waals surface area contributed by atoms with Gasteiger partial charge in [0.2, 0.25) is 5.91 Å². The van der Waals surface area contributed by atoms with Crippen molar-refractivity contribution in [2.24, 2.45) is 0 Å². The molecule has 0 aliphatic rings. The number of rotatable bonds is 4. The minimum Gasteiger partial charge on any atom is -0.274 e. The number of nitrogens with zero attached hydrogens (tertiary/aromatic N) is 1. The molecule has 0 aromatic heterocycles. The highest BCUT2D eigenvalue weighted by Gasteiger charge is 2.25. The smallest absolute Gasteiger partial charge is 0.263 e. The number of carbonyl (C=O) groups excluding carboxylic acids is 2. The van der Waals surface area contributed by atoms with Gasteiger partial charge in [0, 0.05) is 6.92 Å². The molecule has 0 saturated carbocycles. The van der Waals surface area contributed by atoms with E-state index in [1.54, 1.807) is 6.92 Å². The Hall–Kier alpha value is -1.55. The Kier molecular flexibility index (Phi) is 6.02. The van der Waals surface area contributed by atoms with E-state index in [0.29, 0.717) is 0 Å². The van der Waals surface area contributed by atoms with Crippen LogP contribution in [0.4, 0.5) is 5.69 Å². The van der Waals surface area contributed by atoms with Gasteiger partial charge in [-0.3, -0.25) is 15.0 Å². The standard InChI is InChI=1S/C15H21ClN2O2/c1-5-12-8-7-9-13(6-2)14(12)18(17-11(4)19)15(20)10(3)16/h7-10H,5-6H2,1-4H3,(H,17,19). The molecule has 20 heavy (non-hydrogen) atoms. The SMILES string of the molecule is CCc1cccc(CC)c1N(NC(C)=O)C(=O)C(C)Cl. The summed E-state index contributed by atoms with van der Waals surface area (Å²) < 4.78 is 0. The van der Waals surface area contributed by atoms with Gasteiger partial charge in [0.05, 0.1) is 5.69 Å². The van der Waals surface area contributed by atoms with Crippen LogP contribution in [-0.2, 0) is 22.4 Å². The summed E-state index contributed by atoms with van der Waals surface area (Å²) >= 11 is 5.90. The number of hydrazine groups is 1. The van der Waals surface area contributed by atoms with Gasteiger partial charge in [0.25, 0.3) is 5.91 Å². The lowest BCUT2D eigenvalue weighted by molar-refractivity contribution is -0.124. The molecule has 0 aliphatic heterocycles. The van der Waals surface area contributed by atoms with Crippen LogP contribution in [0.15, 0.2) is 18.2 Å². The number of hydrogen-bond acceptors (Lipinski definition) is 2. The fourth-order valence-corrected chi connectivity index (χ4v) is 2.16. The molecule has 0 fully saturated rings. The number of amides is 2. The van der Waals surface area contributed by atoms with Crippen molar-refractivity contribution >= 4 is 29.1 Å². The van der Waals surface area contributed by atoms with Crippen LogP contribution >= 0.6 is 11.6 Å². The summed E-state index contributed by atoms with van der Waals surface area (Å²) in [7, 11) is 0. The zero-order valence-corrected chi connectivity index (χ0v) is 13.1. The molecule has 0 spiro atoms. The second-order valence-corrected chi connectivity index (χ2v) is 5.24. The van der Waals surface area contributed by atoms with Gasteiger partial charge in [-0.25, -0.2) is 5.01 Å². The first-order chi connectivity index (χ1) is 9.42. The Morgan fingerprint density at radius 2 is 1.75 bits per heavy atom. The first-order valence-corrected chi connectivity index (χ1v) is 7.22. The Balaban J connectivity index is 3.39. The number of hydrogen-bond donors (Lipinski definition) is 1. The summed E-state index contributed by atoms with van der Waals surface area (Å²) in [5, 5.41) is 0.578. The Labute approximate surface area is 125 Å². The number of para-hydroxylation sites is 1. The molecule has 1 rings (SSSR count). The minimum absolute atomic E-state index is 0.302. The molecule has 110 valence electrons. The summed E-state index contributed by atoms with van der Waals surface area (Å²) in [6, 6.07) is 5.87. The zero-order valence-electron chi connectivity index (χ0n) is 12.4. The molecule has 5 heteroatoms. The van der Waals surface area contributed by atoms with E-state index in [-0.39, 0.29) is 11.8 Å². The van der Waals surface area contributed by atoms with Crippen molar-refractivity contribution in [3.05, 3.63) is 29.3 Å².